The summed E-state index contributed by atoms with van der Waals surface area (Å²) in [5.41, 5.74) is 4.82. The molecule has 0 radical (unpaired) electrons. The van der Waals surface area contributed by atoms with E-state index in [9.17, 15) is 5.26 Å². The Kier molecular flexibility index (Phi) is 4.97. The molecule has 2 heteroatoms. The smallest absolute Gasteiger partial charge is 0.0997 e. The van der Waals surface area contributed by atoms with Crippen LogP contribution in [0.15, 0.2) is 42.5 Å². The van der Waals surface area contributed by atoms with Crippen molar-refractivity contribution in [1.82, 2.24) is 0 Å². The van der Waals surface area contributed by atoms with Crippen molar-refractivity contribution >= 4 is 0 Å². The van der Waals surface area contributed by atoms with Crippen LogP contribution in [-0.4, -0.2) is 0 Å². The first-order valence-electron chi connectivity index (χ1n) is 7.58. The van der Waals surface area contributed by atoms with E-state index in [-0.39, 0.29) is 5.92 Å². The third-order valence-electron chi connectivity index (χ3n) is 4.03. The Bertz CT molecular complexity index is 745. The molecule has 1 unspecified atom stereocenters. The number of nitrogens with zero attached hydrogens (tertiary/aromatic N) is 2. The zero-order valence-corrected chi connectivity index (χ0v) is 13.3. The molecule has 0 N–H and O–H groups in total. The molecule has 0 aromatic heterocycles. The predicted octanol–water partition coefficient (Wildman–Crippen LogP) is 4.90. The van der Waals surface area contributed by atoms with Crippen molar-refractivity contribution in [3.8, 4) is 12.1 Å². The van der Waals surface area contributed by atoms with Crippen LogP contribution in [-0.2, 0) is 6.42 Å². The third-order valence-corrected chi connectivity index (χ3v) is 4.03. The van der Waals surface area contributed by atoms with Crippen LogP contribution in [0.3, 0.4) is 0 Å². The maximum atomic E-state index is 9.52. The molecule has 0 aliphatic heterocycles. The molecule has 22 heavy (non-hydrogen) atoms. The predicted molar refractivity (Wildman–Crippen MR) is 88.5 cm³/mol. The Morgan fingerprint density at radius 1 is 0.955 bits per heavy atom. The second-order valence-electron chi connectivity index (χ2n) is 5.99. The Morgan fingerprint density at radius 3 is 2.32 bits per heavy atom. The molecule has 0 aliphatic carbocycles. The minimum absolute atomic E-state index is 0.266. The highest BCUT2D eigenvalue weighted by Crippen LogP contribution is 2.27. The monoisotopic (exact) mass is 288 g/mol. The van der Waals surface area contributed by atoms with Gasteiger partial charge in [0.1, 0.15) is 0 Å². The lowest BCUT2D eigenvalue weighted by molar-refractivity contribution is 0.752. The molecule has 0 heterocycles. The Morgan fingerprint density at radius 2 is 1.68 bits per heavy atom. The molecule has 0 spiro atoms. The van der Waals surface area contributed by atoms with Gasteiger partial charge in [-0.25, -0.2) is 0 Å². The number of hydrogen-bond donors (Lipinski definition) is 0. The van der Waals surface area contributed by atoms with Crippen molar-refractivity contribution in [2.45, 2.75) is 39.0 Å². The standard InChI is InChI=1S/C20H20N2/c1-14(2)19-9-5-8-18(20(19)13-22)10-15(3)17-7-4-6-16(11-17)12-21/h4-9,11,14-15H,10H2,1-3H3. The molecule has 0 aliphatic rings. The zero-order valence-electron chi connectivity index (χ0n) is 13.3. The van der Waals surface area contributed by atoms with Gasteiger partial charge in [0.2, 0.25) is 0 Å². The van der Waals surface area contributed by atoms with E-state index in [1.54, 1.807) is 0 Å². The van der Waals surface area contributed by atoms with Crippen molar-refractivity contribution in [3.05, 3.63) is 70.3 Å². The van der Waals surface area contributed by atoms with Crippen molar-refractivity contribution < 1.29 is 0 Å². The second kappa shape index (κ2) is 6.92. The van der Waals surface area contributed by atoms with E-state index >= 15 is 0 Å². The van der Waals surface area contributed by atoms with E-state index in [0.717, 1.165) is 28.7 Å². The van der Waals surface area contributed by atoms with Crippen LogP contribution in [0.1, 0.15) is 60.4 Å². The summed E-state index contributed by atoms with van der Waals surface area (Å²) in [6.07, 6.45) is 0.804. The van der Waals surface area contributed by atoms with Gasteiger partial charge in [-0.05, 0) is 47.1 Å². The van der Waals surface area contributed by atoms with Gasteiger partial charge in [0, 0.05) is 0 Å². The Balaban J connectivity index is 2.33. The summed E-state index contributed by atoms with van der Waals surface area (Å²) in [5.74, 6) is 0.606. The highest BCUT2D eigenvalue weighted by molar-refractivity contribution is 5.47. The zero-order chi connectivity index (χ0) is 16.1. The van der Waals surface area contributed by atoms with Gasteiger partial charge < -0.3 is 0 Å². The molecule has 0 bridgehead atoms. The molecule has 0 fully saturated rings. The summed E-state index contributed by atoms with van der Waals surface area (Å²) in [6.45, 7) is 6.36. The van der Waals surface area contributed by atoms with Crippen LogP contribution in [0, 0.1) is 22.7 Å². The van der Waals surface area contributed by atoms with Crippen molar-refractivity contribution in [2.24, 2.45) is 0 Å². The second-order valence-corrected chi connectivity index (χ2v) is 5.99. The first kappa shape index (κ1) is 15.8. The van der Waals surface area contributed by atoms with Crippen LogP contribution in [0.5, 0.6) is 0 Å². The molecule has 2 aromatic rings. The largest absolute Gasteiger partial charge is 0.192 e. The number of nitriles is 2. The summed E-state index contributed by atoms with van der Waals surface area (Å²) in [4.78, 5) is 0. The van der Waals surface area contributed by atoms with E-state index in [1.807, 2.05) is 42.5 Å². The lowest BCUT2D eigenvalue weighted by Gasteiger charge is -2.16. The van der Waals surface area contributed by atoms with Crippen molar-refractivity contribution in [3.63, 3.8) is 0 Å². The summed E-state index contributed by atoms with van der Waals surface area (Å²) < 4.78 is 0. The number of hydrogen-bond acceptors (Lipinski definition) is 2. The minimum Gasteiger partial charge on any atom is -0.192 e. The molecular formula is C20H20N2. The average Bonchev–Trinajstić information content (AvgIpc) is 2.54. The van der Waals surface area contributed by atoms with Crippen molar-refractivity contribution in [1.29, 1.82) is 10.5 Å². The van der Waals surface area contributed by atoms with E-state index in [4.69, 9.17) is 5.26 Å². The molecular weight excluding hydrogens is 268 g/mol. The van der Waals surface area contributed by atoms with E-state index in [1.165, 1.54) is 0 Å². The molecule has 0 saturated heterocycles. The first-order chi connectivity index (χ1) is 10.6. The van der Waals surface area contributed by atoms with Gasteiger partial charge in [-0.3, -0.25) is 0 Å². The maximum Gasteiger partial charge on any atom is 0.0997 e. The van der Waals surface area contributed by atoms with Gasteiger partial charge in [0.05, 0.1) is 23.3 Å². The Labute approximate surface area is 132 Å². The summed E-state index contributed by atoms with van der Waals surface area (Å²) >= 11 is 0. The Hall–Kier alpha value is -2.58. The molecule has 1 atom stereocenters. The third kappa shape index (κ3) is 3.35. The molecule has 2 nitrogen and oxygen atoms in total. The molecule has 0 amide bonds. The van der Waals surface area contributed by atoms with Gasteiger partial charge >= 0.3 is 0 Å². The van der Waals surface area contributed by atoms with Gasteiger partial charge in [0.25, 0.3) is 0 Å². The van der Waals surface area contributed by atoms with Crippen LogP contribution in [0.25, 0.3) is 0 Å². The lowest BCUT2D eigenvalue weighted by Crippen LogP contribution is -2.04. The number of benzene rings is 2. The van der Waals surface area contributed by atoms with E-state index < -0.39 is 0 Å². The molecule has 2 rings (SSSR count). The van der Waals surface area contributed by atoms with Crippen LogP contribution in [0.4, 0.5) is 0 Å². The number of rotatable bonds is 4. The lowest BCUT2D eigenvalue weighted by atomic mass is 9.87. The van der Waals surface area contributed by atoms with Crippen LogP contribution in [0.2, 0.25) is 0 Å². The van der Waals surface area contributed by atoms with Crippen LogP contribution < -0.4 is 0 Å². The average molecular weight is 288 g/mol. The van der Waals surface area contributed by atoms with Crippen molar-refractivity contribution in [2.75, 3.05) is 0 Å². The van der Waals surface area contributed by atoms with E-state index in [2.05, 4.69) is 32.9 Å². The van der Waals surface area contributed by atoms with Crippen LogP contribution >= 0.6 is 0 Å². The highest BCUT2D eigenvalue weighted by Gasteiger charge is 2.14. The van der Waals surface area contributed by atoms with Gasteiger partial charge in [-0.15, -0.1) is 0 Å². The fraction of sp³-hybridized carbons (Fsp3) is 0.300. The fourth-order valence-electron chi connectivity index (χ4n) is 2.77. The van der Waals surface area contributed by atoms with Gasteiger partial charge in [0.15, 0.2) is 0 Å². The molecule has 0 saturated carbocycles. The van der Waals surface area contributed by atoms with Gasteiger partial charge in [-0.1, -0.05) is 51.1 Å². The fourth-order valence-corrected chi connectivity index (χ4v) is 2.77. The minimum atomic E-state index is 0.266. The first-order valence-corrected chi connectivity index (χ1v) is 7.58. The molecule has 2 aromatic carbocycles. The van der Waals surface area contributed by atoms with Gasteiger partial charge in [-0.2, -0.15) is 10.5 Å². The summed E-state index contributed by atoms with van der Waals surface area (Å²) in [5, 5.41) is 18.5. The normalized spacial score (nSPS) is 11.7. The summed E-state index contributed by atoms with van der Waals surface area (Å²) in [6, 6.07) is 18.4. The van der Waals surface area contributed by atoms with E-state index in [0.29, 0.717) is 11.5 Å². The quantitative estimate of drug-likeness (QED) is 0.803. The highest BCUT2D eigenvalue weighted by atomic mass is 14.3. The maximum absolute atomic E-state index is 9.52. The summed E-state index contributed by atoms with van der Waals surface area (Å²) in [7, 11) is 0. The SMILES string of the molecule is CC(C)c1cccc(CC(C)c2cccc(C#N)c2)c1C#N. The topological polar surface area (TPSA) is 47.6 Å². The molecule has 110 valence electrons.